The fraction of sp³-hybridized carbons (Fsp3) is 0.500. The lowest BCUT2D eigenvalue weighted by atomic mass is 10.0. The lowest BCUT2D eigenvalue weighted by Crippen LogP contribution is -2.25. The fourth-order valence-electron chi connectivity index (χ4n) is 2.49. The summed E-state index contributed by atoms with van der Waals surface area (Å²) in [5.41, 5.74) is 2.56. The first-order valence-corrected chi connectivity index (χ1v) is 8.30. The molecule has 0 radical (unpaired) electrons. The van der Waals surface area contributed by atoms with E-state index in [9.17, 15) is 0 Å². The van der Waals surface area contributed by atoms with Crippen molar-refractivity contribution in [3.05, 3.63) is 46.0 Å². The Morgan fingerprint density at radius 2 is 2.10 bits per heavy atom. The normalized spacial score (nSPS) is 12.6. The molecule has 0 saturated carbocycles. The second-order valence-corrected chi connectivity index (χ2v) is 6.18. The molecule has 0 spiro atoms. The second kappa shape index (κ2) is 7.71. The van der Waals surface area contributed by atoms with Gasteiger partial charge in [-0.05, 0) is 50.1 Å². The van der Waals surface area contributed by atoms with Crippen molar-refractivity contribution >= 4 is 15.9 Å². The first kappa shape index (κ1) is 16.2. The van der Waals surface area contributed by atoms with Gasteiger partial charge in [0.2, 0.25) is 0 Å². The van der Waals surface area contributed by atoms with E-state index in [-0.39, 0.29) is 6.04 Å². The van der Waals surface area contributed by atoms with E-state index >= 15 is 0 Å². The molecule has 0 fully saturated rings. The van der Waals surface area contributed by atoms with Gasteiger partial charge in [-0.3, -0.25) is 4.68 Å². The third kappa shape index (κ3) is 4.38. The summed E-state index contributed by atoms with van der Waals surface area (Å²) in [6.07, 6.45) is 3.61. The monoisotopic (exact) mass is 350 g/mol. The third-order valence-corrected chi connectivity index (χ3v) is 3.95. The van der Waals surface area contributed by atoms with Crippen LogP contribution in [0, 0.1) is 6.92 Å². The maximum Gasteiger partial charge on any atom is 0.138 e. The maximum atomic E-state index is 4.41. The van der Waals surface area contributed by atoms with Gasteiger partial charge < -0.3 is 5.32 Å². The number of rotatable bonds is 7. The van der Waals surface area contributed by atoms with Crippen LogP contribution in [0.1, 0.15) is 43.3 Å². The van der Waals surface area contributed by atoms with Gasteiger partial charge in [0, 0.05) is 23.5 Å². The van der Waals surface area contributed by atoms with Crippen LogP contribution < -0.4 is 5.32 Å². The molecule has 1 atom stereocenters. The number of hydrogen-bond donors (Lipinski definition) is 1. The van der Waals surface area contributed by atoms with Crippen LogP contribution in [-0.2, 0) is 13.0 Å². The number of benzene rings is 1. The van der Waals surface area contributed by atoms with Crippen molar-refractivity contribution in [2.45, 2.75) is 46.2 Å². The summed E-state index contributed by atoms with van der Waals surface area (Å²) in [5, 5.41) is 7.89. The molecule has 0 amide bonds. The summed E-state index contributed by atoms with van der Waals surface area (Å²) >= 11 is 3.59. The molecule has 2 aromatic rings. The van der Waals surface area contributed by atoms with Gasteiger partial charge in [-0.2, -0.15) is 5.10 Å². The summed E-state index contributed by atoms with van der Waals surface area (Å²) in [4.78, 5) is 4.41. The standard InChI is InChI=1S/C16H23BrN4/c1-4-6-18-15(10-16-19-11-20-21(16)5-2)13-7-12(3)8-14(17)9-13/h7-9,11,15,18H,4-6,10H2,1-3H3. The molecule has 1 aromatic carbocycles. The van der Waals surface area contributed by atoms with Crippen molar-refractivity contribution in [3.8, 4) is 0 Å². The second-order valence-electron chi connectivity index (χ2n) is 5.26. The first-order valence-electron chi connectivity index (χ1n) is 7.51. The number of aromatic nitrogens is 3. The molecule has 4 nitrogen and oxygen atoms in total. The summed E-state index contributed by atoms with van der Waals surface area (Å²) < 4.78 is 3.09. The number of aryl methyl sites for hydroxylation is 2. The Kier molecular flexibility index (Phi) is 5.94. The van der Waals surface area contributed by atoms with E-state index in [0.29, 0.717) is 0 Å². The molecule has 0 saturated heterocycles. The first-order chi connectivity index (χ1) is 10.1. The van der Waals surface area contributed by atoms with Crippen molar-refractivity contribution in [2.75, 3.05) is 6.54 Å². The van der Waals surface area contributed by atoms with E-state index in [1.165, 1.54) is 11.1 Å². The predicted octanol–water partition coefficient (Wildman–Crippen LogP) is 3.65. The topological polar surface area (TPSA) is 42.7 Å². The van der Waals surface area contributed by atoms with E-state index < -0.39 is 0 Å². The number of nitrogens with zero attached hydrogens (tertiary/aromatic N) is 3. The minimum Gasteiger partial charge on any atom is -0.310 e. The van der Waals surface area contributed by atoms with Crippen LogP contribution in [0.4, 0.5) is 0 Å². The van der Waals surface area contributed by atoms with Gasteiger partial charge in [-0.1, -0.05) is 28.9 Å². The quantitative estimate of drug-likeness (QED) is 0.828. The van der Waals surface area contributed by atoms with Crippen LogP contribution in [0.2, 0.25) is 0 Å². The van der Waals surface area contributed by atoms with Gasteiger partial charge in [-0.15, -0.1) is 0 Å². The van der Waals surface area contributed by atoms with E-state index in [4.69, 9.17) is 0 Å². The predicted molar refractivity (Wildman–Crippen MR) is 89.3 cm³/mol. The van der Waals surface area contributed by atoms with E-state index in [1.807, 2.05) is 4.68 Å². The average molecular weight is 351 g/mol. The molecule has 1 heterocycles. The van der Waals surface area contributed by atoms with Gasteiger partial charge in [-0.25, -0.2) is 4.98 Å². The maximum absolute atomic E-state index is 4.41. The third-order valence-electron chi connectivity index (χ3n) is 3.49. The SMILES string of the molecule is CCCNC(Cc1ncnn1CC)c1cc(C)cc(Br)c1. The fourth-order valence-corrected chi connectivity index (χ4v) is 3.11. The van der Waals surface area contributed by atoms with Crippen molar-refractivity contribution < 1.29 is 0 Å². The smallest absolute Gasteiger partial charge is 0.138 e. The molecule has 1 aromatic heterocycles. The Balaban J connectivity index is 2.25. The molecular formula is C16H23BrN4. The number of halogens is 1. The van der Waals surface area contributed by atoms with Gasteiger partial charge in [0.15, 0.2) is 0 Å². The number of nitrogens with one attached hydrogen (secondary N) is 1. The average Bonchev–Trinajstić information content (AvgIpc) is 2.89. The lowest BCUT2D eigenvalue weighted by Gasteiger charge is -2.20. The van der Waals surface area contributed by atoms with Crippen LogP contribution in [0.25, 0.3) is 0 Å². The molecule has 1 unspecified atom stereocenters. The van der Waals surface area contributed by atoms with Crippen molar-refractivity contribution in [3.63, 3.8) is 0 Å². The zero-order chi connectivity index (χ0) is 15.2. The van der Waals surface area contributed by atoms with Gasteiger partial charge in [0.05, 0.1) is 0 Å². The molecule has 21 heavy (non-hydrogen) atoms. The van der Waals surface area contributed by atoms with Gasteiger partial charge in [0.25, 0.3) is 0 Å². The molecule has 1 N–H and O–H groups in total. The Hall–Kier alpha value is -1.20. The highest BCUT2D eigenvalue weighted by Gasteiger charge is 2.16. The Morgan fingerprint density at radius 1 is 1.29 bits per heavy atom. The summed E-state index contributed by atoms with van der Waals surface area (Å²) in [7, 11) is 0. The van der Waals surface area contributed by atoms with Crippen LogP contribution in [-0.4, -0.2) is 21.3 Å². The lowest BCUT2D eigenvalue weighted by molar-refractivity contribution is 0.496. The molecule has 5 heteroatoms. The van der Waals surface area contributed by atoms with Gasteiger partial charge in [0.1, 0.15) is 12.2 Å². The minimum atomic E-state index is 0.260. The summed E-state index contributed by atoms with van der Waals surface area (Å²) in [6.45, 7) is 8.25. The van der Waals surface area contributed by atoms with Crippen LogP contribution in [0.3, 0.4) is 0 Å². The van der Waals surface area contributed by atoms with Crippen molar-refractivity contribution in [2.24, 2.45) is 0 Å². The molecular weight excluding hydrogens is 328 g/mol. The summed E-state index contributed by atoms with van der Waals surface area (Å²) in [5.74, 6) is 1.03. The molecule has 0 aliphatic carbocycles. The molecule has 0 aliphatic rings. The highest BCUT2D eigenvalue weighted by molar-refractivity contribution is 9.10. The zero-order valence-corrected chi connectivity index (χ0v) is 14.5. The Labute approximate surface area is 135 Å². The Bertz CT molecular complexity index is 559. The molecule has 0 bridgehead atoms. The molecule has 114 valence electrons. The number of hydrogen-bond acceptors (Lipinski definition) is 3. The van der Waals surface area contributed by atoms with E-state index in [1.54, 1.807) is 6.33 Å². The Morgan fingerprint density at radius 3 is 2.76 bits per heavy atom. The van der Waals surface area contributed by atoms with E-state index in [0.717, 1.165) is 36.2 Å². The summed E-state index contributed by atoms with van der Waals surface area (Å²) in [6, 6.07) is 6.82. The highest BCUT2D eigenvalue weighted by Crippen LogP contribution is 2.23. The van der Waals surface area contributed by atoms with Crippen LogP contribution >= 0.6 is 15.9 Å². The van der Waals surface area contributed by atoms with Crippen LogP contribution in [0.5, 0.6) is 0 Å². The molecule has 2 rings (SSSR count). The van der Waals surface area contributed by atoms with Crippen molar-refractivity contribution in [1.29, 1.82) is 0 Å². The van der Waals surface area contributed by atoms with E-state index in [2.05, 4.69) is 70.3 Å². The van der Waals surface area contributed by atoms with Crippen molar-refractivity contribution in [1.82, 2.24) is 20.1 Å². The molecule has 0 aliphatic heterocycles. The largest absolute Gasteiger partial charge is 0.310 e. The highest BCUT2D eigenvalue weighted by atomic mass is 79.9. The zero-order valence-electron chi connectivity index (χ0n) is 12.9. The van der Waals surface area contributed by atoms with Gasteiger partial charge >= 0.3 is 0 Å². The minimum absolute atomic E-state index is 0.260. The van der Waals surface area contributed by atoms with Crippen LogP contribution in [0.15, 0.2) is 29.0 Å².